The molecule has 2 heterocycles. The van der Waals surface area contributed by atoms with E-state index in [9.17, 15) is 8.78 Å². The predicted molar refractivity (Wildman–Crippen MR) is 107 cm³/mol. The van der Waals surface area contributed by atoms with Gasteiger partial charge in [0.05, 0.1) is 5.69 Å². The van der Waals surface area contributed by atoms with Gasteiger partial charge in [-0.1, -0.05) is 30.3 Å². The molecule has 0 amide bonds. The van der Waals surface area contributed by atoms with E-state index < -0.39 is 0 Å². The van der Waals surface area contributed by atoms with E-state index in [1.165, 1.54) is 23.5 Å². The maximum Gasteiger partial charge on any atom is 0.190 e. The smallest absolute Gasteiger partial charge is 0.190 e. The Bertz CT molecular complexity index is 1150. The van der Waals surface area contributed by atoms with E-state index in [0.29, 0.717) is 29.0 Å². The Balaban J connectivity index is 1.80. The molecule has 0 spiro atoms. The Hall–Kier alpha value is -3.12. The Morgan fingerprint density at radius 3 is 2.39 bits per heavy atom. The van der Waals surface area contributed by atoms with Gasteiger partial charge < -0.3 is 4.57 Å². The highest BCUT2D eigenvalue weighted by atomic mass is 32.1. The molecule has 28 heavy (non-hydrogen) atoms. The largest absolute Gasteiger partial charge is 0.316 e. The van der Waals surface area contributed by atoms with Gasteiger partial charge in [-0.3, -0.25) is 4.98 Å². The van der Waals surface area contributed by atoms with Crippen molar-refractivity contribution in [2.45, 2.75) is 13.0 Å². The molecule has 0 saturated heterocycles. The molecule has 4 rings (SSSR count). The SMILES string of the molecule is Fc1ccccc1N=c1scc(-c2ccccc2F)n1CCc1ccccn1. The highest BCUT2D eigenvalue weighted by Crippen LogP contribution is 2.24. The molecule has 4 aromatic rings. The van der Waals surface area contributed by atoms with E-state index in [4.69, 9.17) is 0 Å². The molecule has 0 fully saturated rings. The lowest BCUT2D eigenvalue weighted by molar-refractivity contribution is 0.620. The lowest BCUT2D eigenvalue weighted by Crippen LogP contribution is -2.18. The zero-order chi connectivity index (χ0) is 19.3. The van der Waals surface area contributed by atoms with Crippen LogP contribution in [0.1, 0.15) is 5.69 Å². The number of aromatic nitrogens is 2. The minimum absolute atomic E-state index is 0.260. The number of halogens is 2. The number of rotatable bonds is 5. The number of thiazole rings is 1. The van der Waals surface area contributed by atoms with Gasteiger partial charge in [-0.05, 0) is 36.4 Å². The molecule has 140 valence electrons. The second-order valence-electron chi connectivity index (χ2n) is 6.17. The first-order valence-corrected chi connectivity index (χ1v) is 9.73. The first kappa shape index (κ1) is 18.3. The van der Waals surface area contributed by atoms with E-state index in [1.807, 2.05) is 28.1 Å². The summed E-state index contributed by atoms with van der Waals surface area (Å²) in [7, 11) is 0. The van der Waals surface area contributed by atoms with Crippen LogP contribution >= 0.6 is 11.3 Å². The number of pyridine rings is 1. The summed E-state index contributed by atoms with van der Waals surface area (Å²) in [5.41, 5.74) is 2.40. The molecule has 2 aromatic heterocycles. The van der Waals surface area contributed by atoms with Crippen molar-refractivity contribution in [3.05, 3.63) is 100 Å². The number of benzene rings is 2. The van der Waals surface area contributed by atoms with E-state index in [2.05, 4.69) is 9.98 Å². The van der Waals surface area contributed by atoms with Crippen LogP contribution in [0.3, 0.4) is 0 Å². The fourth-order valence-electron chi connectivity index (χ4n) is 2.94. The zero-order valence-corrected chi connectivity index (χ0v) is 15.7. The summed E-state index contributed by atoms with van der Waals surface area (Å²) >= 11 is 1.36. The van der Waals surface area contributed by atoms with Gasteiger partial charge in [0.1, 0.15) is 17.3 Å². The van der Waals surface area contributed by atoms with Crippen LogP contribution in [0.2, 0.25) is 0 Å². The summed E-state index contributed by atoms with van der Waals surface area (Å²) in [6.07, 6.45) is 2.40. The van der Waals surface area contributed by atoms with Crippen LogP contribution < -0.4 is 4.80 Å². The molecule has 3 nitrogen and oxygen atoms in total. The lowest BCUT2D eigenvalue weighted by Gasteiger charge is -2.10. The first-order chi connectivity index (χ1) is 13.7. The molecule has 0 aliphatic carbocycles. The molecule has 0 aliphatic heterocycles. The first-order valence-electron chi connectivity index (χ1n) is 8.85. The van der Waals surface area contributed by atoms with Crippen LogP contribution in [-0.4, -0.2) is 9.55 Å². The Labute approximate surface area is 165 Å². The quantitative estimate of drug-likeness (QED) is 0.449. The maximum absolute atomic E-state index is 14.4. The van der Waals surface area contributed by atoms with Crippen molar-refractivity contribution in [3.63, 3.8) is 0 Å². The molecule has 0 N–H and O–H groups in total. The third kappa shape index (κ3) is 3.92. The van der Waals surface area contributed by atoms with Crippen molar-refractivity contribution in [3.8, 4) is 11.3 Å². The summed E-state index contributed by atoms with van der Waals surface area (Å²) < 4.78 is 30.4. The van der Waals surface area contributed by atoms with Gasteiger partial charge in [-0.15, -0.1) is 11.3 Å². The van der Waals surface area contributed by atoms with Crippen molar-refractivity contribution in [2.24, 2.45) is 4.99 Å². The van der Waals surface area contributed by atoms with Gasteiger partial charge in [-0.25, -0.2) is 13.8 Å². The minimum atomic E-state index is -0.389. The lowest BCUT2D eigenvalue weighted by atomic mass is 10.1. The molecular formula is C22H17F2N3S. The van der Waals surface area contributed by atoms with E-state index >= 15 is 0 Å². The molecule has 0 radical (unpaired) electrons. The summed E-state index contributed by atoms with van der Waals surface area (Å²) in [6, 6.07) is 18.8. The normalized spacial score (nSPS) is 11.7. The van der Waals surface area contributed by atoms with Crippen molar-refractivity contribution >= 4 is 17.0 Å². The van der Waals surface area contributed by atoms with Gasteiger partial charge in [-0.2, -0.15) is 0 Å². The second-order valence-corrected chi connectivity index (χ2v) is 7.01. The third-order valence-electron chi connectivity index (χ3n) is 4.33. The van der Waals surface area contributed by atoms with E-state index in [-0.39, 0.29) is 17.3 Å². The van der Waals surface area contributed by atoms with Gasteiger partial charge in [0.15, 0.2) is 4.80 Å². The van der Waals surface area contributed by atoms with Crippen LogP contribution in [0, 0.1) is 11.6 Å². The van der Waals surface area contributed by atoms with E-state index in [1.54, 1.807) is 42.6 Å². The molecule has 0 unspecified atom stereocenters. The minimum Gasteiger partial charge on any atom is -0.316 e. The van der Waals surface area contributed by atoms with Gasteiger partial charge >= 0.3 is 0 Å². The monoisotopic (exact) mass is 393 g/mol. The van der Waals surface area contributed by atoms with Crippen LogP contribution in [0.5, 0.6) is 0 Å². The van der Waals surface area contributed by atoms with Gasteiger partial charge in [0.25, 0.3) is 0 Å². The molecule has 0 bridgehead atoms. The van der Waals surface area contributed by atoms with Crippen LogP contribution in [0.4, 0.5) is 14.5 Å². The van der Waals surface area contributed by atoms with Gasteiger partial charge in [0.2, 0.25) is 0 Å². The van der Waals surface area contributed by atoms with Crippen molar-refractivity contribution in [1.82, 2.24) is 9.55 Å². The Morgan fingerprint density at radius 1 is 0.893 bits per heavy atom. The summed E-state index contributed by atoms with van der Waals surface area (Å²) in [5, 5.41) is 1.86. The number of nitrogens with zero attached hydrogens (tertiary/aromatic N) is 3. The highest BCUT2D eigenvalue weighted by Gasteiger charge is 2.12. The average Bonchev–Trinajstić information content (AvgIpc) is 3.11. The summed E-state index contributed by atoms with van der Waals surface area (Å²) in [6.45, 7) is 0.553. The maximum atomic E-state index is 14.4. The number of para-hydroxylation sites is 1. The molecule has 6 heteroatoms. The summed E-state index contributed by atoms with van der Waals surface area (Å²) in [4.78, 5) is 9.45. The Morgan fingerprint density at radius 2 is 1.64 bits per heavy atom. The number of hydrogen-bond acceptors (Lipinski definition) is 3. The standard InChI is InChI=1S/C22H17F2N3S/c23-18-9-2-1-8-17(18)21-15-28-22(26-20-11-4-3-10-19(20)24)27(21)14-12-16-7-5-6-13-25-16/h1-11,13,15H,12,14H2. The van der Waals surface area contributed by atoms with E-state index in [0.717, 1.165) is 5.69 Å². The van der Waals surface area contributed by atoms with Crippen LogP contribution in [0.25, 0.3) is 11.3 Å². The molecular weight excluding hydrogens is 376 g/mol. The summed E-state index contributed by atoms with van der Waals surface area (Å²) in [5.74, 6) is -0.691. The fraction of sp³-hybridized carbons (Fsp3) is 0.0909. The molecule has 0 aliphatic rings. The van der Waals surface area contributed by atoms with Crippen LogP contribution in [0.15, 0.2) is 83.3 Å². The Kier molecular flexibility index (Phi) is 5.39. The fourth-order valence-corrected chi connectivity index (χ4v) is 3.88. The number of hydrogen-bond donors (Lipinski definition) is 0. The predicted octanol–water partition coefficient (Wildman–Crippen LogP) is 5.36. The van der Waals surface area contributed by atoms with Crippen molar-refractivity contribution in [1.29, 1.82) is 0 Å². The second kappa shape index (κ2) is 8.27. The van der Waals surface area contributed by atoms with Gasteiger partial charge in [0, 0.05) is 35.8 Å². The number of aryl methyl sites for hydroxylation is 1. The molecule has 0 saturated carbocycles. The highest BCUT2D eigenvalue weighted by molar-refractivity contribution is 7.07. The van der Waals surface area contributed by atoms with Crippen LogP contribution in [-0.2, 0) is 13.0 Å². The zero-order valence-electron chi connectivity index (χ0n) is 14.9. The topological polar surface area (TPSA) is 30.2 Å². The average molecular weight is 393 g/mol. The van der Waals surface area contributed by atoms with Crippen molar-refractivity contribution < 1.29 is 8.78 Å². The molecule has 0 atom stereocenters. The molecule has 2 aromatic carbocycles. The van der Waals surface area contributed by atoms with Crippen molar-refractivity contribution in [2.75, 3.05) is 0 Å². The third-order valence-corrected chi connectivity index (χ3v) is 5.20.